The highest BCUT2D eigenvalue weighted by atomic mass is 32.2. The average Bonchev–Trinajstić information content (AvgIpc) is 2.15. The van der Waals surface area contributed by atoms with Gasteiger partial charge in [0.1, 0.15) is 9.84 Å². The molecule has 0 aliphatic heterocycles. The number of guanidine groups is 1. The summed E-state index contributed by atoms with van der Waals surface area (Å²) in [4.78, 5) is 4.20. The molecule has 0 heterocycles. The second kappa shape index (κ2) is 7.49. The van der Waals surface area contributed by atoms with Gasteiger partial charge in [0.05, 0.1) is 12.3 Å². The lowest BCUT2D eigenvalue weighted by molar-refractivity contribution is 0.601. The van der Waals surface area contributed by atoms with Crippen molar-refractivity contribution in [3.05, 3.63) is 0 Å². The Morgan fingerprint density at radius 3 is 2.44 bits per heavy atom. The molecule has 2 N–H and O–H groups in total. The molecule has 0 spiro atoms. The molecule has 16 heavy (non-hydrogen) atoms. The Hall–Kier alpha value is -0.780. The topological polar surface area (TPSA) is 70.6 Å². The van der Waals surface area contributed by atoms with Crippen molar-refractivity contribution >= 4 is 15.8 Å². The number of hydrogen-bond acceptors (Lipinski definition) is 3. The maximum atomic E-state index is 10.9. The quantitative estimate of drug-likeness (QED) is 0.527. The van der Waals surface area contributed by atoms with Crippen molar-refractivity contribution in [2.24, 2.45) is 4.99 Å². The molecule has 1 unspecified atom stereocenters. The van der Waals surface area contributed by atoms with Gasteiger partial charge >= 0.3 is 0 Å². The number of rotatable bonds is 6. The van der Waals surface area contributed by atoms with Gasteiger partial charge in [-0.3, -0.25) is 4.99 Å². The molecule has 96 valence electrons. The molecule has 0 aromatic heterocycles. The van der Waals surface area contributed by atoms with Crippen LogP contribution in [0.5, 0.6) is 0 Å². The van der Waals surface area contributed by atoms with Gasteiger partial charge in [-0.2, -0.15) is 0 Å². The Balaban J connectivity index is 4.24. The summed E-state index contributed by atoms with van der Waals surface area (Å²) in [7, 11) is -2.93. The molecule has 1 atom stereocenters. The van der Waals surface area contributed by atoms with Crippen molar-refractivity contribution in [2.45, 2.75) is 33.2 Å². The van der Waals surface area contributed by atoms with Crippen LogP contribution in [-0.2, 0) is 9.84 Å². The summed E-state index contributed by atoms with van der Waals surface area (Å²) in [6.45, 7) is 7.18. The molecule has 0 aliphatic rings. The van der Waals surface area contributed by atoms with Crippen LogP contribution < -0.4 is 10.6 Å². The summed E-state index contributed by atoms with van der Waals surface area (Å²) in [5.74, 6) is 0.768. The van der Waals surface area contributed by atoms with E-state index in [2.05, 4.69) is 29.5 Å². The van der Waals surface area contributed by atoms with Gasteiger partial charge in [-0.15, -0.1) is 0 Å². The van der Waals surface area contributed by atoms with E-state index < -0.39 is 9.84 Å². The van der Waals surface area contributed by atoms with Crippen LogP contribution >= 0.6 is 0 Å². The Bertz CT molecular complexity index is 312. The van der Waals surface area contributed by atoms with E-state index in [1.54, 1.807) is 0 Å². The maximum Gasteiger partial charge on any atom is 0.191 e. The highest BCUT2D eigenvalue weighted by Gasteiger charge is 2.04. The van der Waals surface area contributed by atoms with Crippen molar-refractivity contribution in [1.29, 1.82) is 0 Å². The Labute approximate surface area is 98.6 Å². The van der Waals surface area contributed by atoms with Gasteiger partial charge < -0.3 is 10.6 Å². The molecule has 0 aromatic rings. The van der Waals surface area contributed by atoms with Gasteiger partial charge in [0, 0.05) is 18.8 Å². The maximum absolute atomic E-state index is 10.9. The molecule has 0 saturated heterocycles. The van der Waals surface area contributed by atoms with E-state index in [1.165, 1.54) is 6.26 Å². The van der Waals surface area contributed by atoms with Gasteiger partial charge in [-0.25, -0.2) is 8.42 Å². The lowest BCUT2D eigenvalue weighted by Crippen LogP contribution is -2.42. The van der Waals surface area contributed by atoms with Crippen molar-refractivity contribution < 1.29 is 8.42 Å². The molecule has 5 nitrogen and oxygen atoms in total. The van der Waals surface area contributed by atoms with E-state index in [0.717, 1.165) is 13.0 Å². The highest BCUT2D eigenvalue weighted by Crippen LogP contribution is 1.88. The first-order chi connectivity index (χ1) is 7.39. The van der Waals surface area contributed by atoms with Crippen LogP contribution in [0.1, 0.15) is 27.2 Å². The van der Waals surface area contributed by atoms with Crippen LogP contribution in [0.4, 0.5) is 0 Å². The van der Waals surface area contributed by atoms with Crippen molar-refractivity contribution in [2.75, 3.05) is 25.1 Å². The minimum absolute atomic E-state index is 0.0874. The van der Waals surface area contributed by atoms with Crippen LogP contribution in [0.3, 0.4) is 0 Å². The first-order valence-electron chi connectivity index (χ1n) is 5.61. The SMILES string of the molecule is CCNC(=NCCS(C)(=O)=O)NC(C)CC. The summed E-state index contributed by atoms with van der Waals surface area (Å²) in [6.07, 6.45) is 2.22. The molecule has 0 saturated carbocycles. The van der Waals surface area contributed by atoms with Crippen LogP contribution in [0.2, 0.25) is 0 Å². The predicted octanol–water partition coefficient (Wildman–Crippen LogP) is 0.385. The van der Waals surface area contributed by atoms with Crippen LogP contribution in [0.25, 0.3) is 0 Å². The third-order valence-electron chi connectivity index (χ3n) is 2.07. The summed E-state index contributed by atoms with van der Waals surface area (Å²) in [5, 5.41) is 6.28. The number of aliphatic imine (C=N–C) groups is 1. The normalized spacial score (nSPS) is 14.6. The van der Waals surface area contributed by atoms with Gasteiger partial charge in [0.2, 0.25) is 0 Å². The largest absolute Gasteiger partial charge is 0.357 e. The third kappa shape index (κ3) is 8.52. The van der Waals surface area contributed by atoms with E-state index in [-0.39, 0.29) is 5.75 Å². The zero-order chi connectivity index (χ0) is 12.6. The van der Waals surface area contributed by atoms with Crippen molar-refractivity contribution in [3.63, 3.8) is 0 Å². The predicted molar refractivity (Wildman–Crippen MR) is 68.6 cm³/mol. The Kier molecular flexibility index (Phi) is 7.12. The highest BCUT2D eigenvalue weighted by molar-refractivity contribution is 7.90. The average molecular weight is 249 g/mol. The molecular formula is C10H23N3O2S. The van der Waals surface area contributed by atoms with E-state index in [4.69, 9.17) is 0 Å². The minimum Gasteiger partial charge on any atom is -0.357 e. The molecule has 6 heteroatoms. The third-order valence-corrected chi connectivity index (χ3v) is 3.00. The van der Waals surface area contributed by atoms with Gasteiger partial charge in [0.15, 0.2) is 5.96 Å². The number of nitrogens with zero attached hydrogens (tertiary/aromatic N) is 1. The lowest BCUT2D eigenvalue weighted by atomic mass is 10.3. The molecular weight excluding hydrogens is 226 g/mol. The Morgan fingerprint density at radius 2 is 2.00 bits per heavy atom. The summed E-state index contributed by atoms with van der Waals surface area (Å²) >= 11 is 0. The molecule has 0 aromatic carbocycles. The van der Waals surface area contributed by atoms with Gasteiger partial charge in [0.25, 0.3) is 0 Å². The van der Waals surface area contributed by atoms with Gasteiger partial charge in [-0.05, 0) is 20.3 Å². The standard InChI is InChI=1S/C10H23N3O2S/c1-5-9(3)13-10(11-6-2)12-7-8-16(4,14)15/h9H,5-8H2,1-4H3,(H2,11,12,13). The van der Waals surface area contributed by atoms with Gasteiger partial charge in [-0.1, -0.05) is 6.92 Å². The molecule has 0 fully saturated rings. The Morgan fingerprint density at radius 1 is 1.38 bits per heavy atom. The summed E-state index contributed by atoms with van der Waals surface area (Å²) < 4.78 is 21.9. The molecule has 0 amide bonds. The number of hydrogen-bond donors (Lipinski definition) is 2. The second-order valence-corrected chi connectivity index (χ2v) is 6.10. The smallest absolute Gasteiger partial charge is 0.191 e. The summed E-state index contributed by atoms with van der Waals surface area (Å²) in [6, 6.07) is 0.330. The minimum atomic E-state index is -2.93. The first-order valence-corrected chi connectivity index (χ1v) is 7.67. The fourth-order valence-electron chi connectivity index (χ4n) is 0.979. The zero-order valence-corrected chi connectivity index (χ0v) is 11.4. The van der Waals surface area contributed by atoms with Crippen LogP contribution in [0.15, 0.2) is 4.99 Å². The van der Waals surface area contributed by atoms with Crippen LogP contribution in [0, 0.1) is 0 Å². The van der Waals surface area contributed by atoms with E-state index in [0.29, 0.717) is 18.5 Å². The second-order valence-electron chi connectivity index (χ2n) is 3.84. The van der Waals surface area contributed by atoms with E-state index in [9.17, 15) is 8.42 Å². The number of sulfone groups is 1. The van der Waals surface area contributed by atoms with Crippen molar-refractivity contribution in [3.8, 4) is 0 Å². The lowest BCUT2D eigenvalue weighted by Gasteiger charge is -2.15. The summed E-state index contributed by atoms with van der Waals surface area (Å²) in [5.41, 5.74) is 0. The fraction of sp³-hybridized carbons (Fsp3) is 0.900. The monoisotopic (exact) mass is 249 g/mol. The molecule has 0 radical (unpaired) electrons. The zero-order valence-electron chi connectivity index (χ0n) is 10.6. The number of nitrogens with one attached hydrogen (secondary N) is 2. The van der Waals surface area contributed by atoms with E-state index in [1.807, 2.05) is 6.92 Å². The molecule has 0 bridgehead atoms. The molecule has 0 aliphatic carbocycles. The molecule has 0 rings (SSSR count). The van der Waals surface area contributed by atoms with Crippen LogP contribution in [-0.4, -0.2) is 45.5 Å². The van der Waals surface area contributed by atoms with Crippen molar-refractivity contribution in [1.82, 2.24) is 10.6 Å². The first kappa shape index (κ1) is 15.2. The van der Waals surface area contributed by atoms with E-state index >= 15 is 0 Å². The fourth-order valence-corrected chi connectivity index (χ4v) is 1.40.